The first-order chi connectivity index (χ1) is 13.2. The Labute approximate surface area is 156 Å². The van der Waals surface area contributed by atoms with E-state index in [9.17, 15) is 9.59 Å². The second-order valence-corrected chi connectivity index (χ2v) is 6.41. The van der Waals surface area contributed by atoms with Crippen LogP contribution >= 0.6 is 0 Å². The normalized spacial score (nSPS) is 14.4. The number of anilines is 1. The summed E-state index contributed by atoms with van der Waals surface area (Å²) in [5, 5.41) is 0.483. The Bertz CT molecular complexity index is 1040. The number of methoxy groups -OCH3 is 1. The van der Waals surface area contributed by atoms with Crippen molar-refractivity contribution in [2.45, 2.75) is 0 Å². The topological polar surface area (TPSA) is 78.5 Å². The van der Waals surface area contributed by atoms with Crippen LogP contribution in [-0.4, -0.2) is 54.1 Å². The van der Waals surface area contributed by atoms with Crippen molar-refractivity contribution in [2.75, 3.05) is 38.2 Å². The number of H-pyrrole nitrogens is 1. The van der Waals surface area contributed by atoms with Crippen molar-refractivity contribution in [1.82, 2.24) is 14.9 Å². The lowest BCUT2D eigenvalue weighted by Gasteiger charge is -2.36. The maximum Gasteiger partial charge on any atom is 0.289 e. The molecule has 7 nitrogen and oxygen atoms in total. The number of hydrogen-bond donors (Lipinski definition) is 1. The quantitative estimate of drug-likeness (QED) is 0.768. The van der Waals surface area contributed by atoms with Crippen LogP contribution in [0.1, 0.15) is 10.6 Å². The van der Waals surface area contributed by atoms with Gasteiger partial charge >= 0.3 is 0 Å². The van der Waals surface area contributed by atoms with Gasteiger partial charge in [0.25, 0.3) is 11.5 Å². The maximum absolute atomic E-state index is 12.8. The second-order valence-electron chi connectivity index (χ2n) is 6.41. The van der Waals surface area contributed by atoms with Crippen molar-refractivity contribution in [1.29, 1.82) is 0 Å². The molecule has 2 aromatic carbocycles. The van der Waals surface area contributed by atoms with E-state index >= 15 is 0 Å². The number of para-hydroxylation sites is 1. The highest BCUT2D eigenvalue weighted by atomic mass is 16.5. The van der Waals surface area contributed by atoms with Crippen LogP contribution in [0.5, 0.6) is 5.75 Å². The fourth-order valence-electron chi connectivity index (χ4n) is 3.31. The molecule has 3 aromatic rings. The lowest BCUT2D eigenvalue weighted by Crippen LogP contribution is -2.49. The van der Waals surface area contributed by atoms with Gasteiger partial charge in [-0.05, 0) is 24.3 Å². The zero-order valence-corrected chi connectivity index (χ0v) is 15.0. The zero-order valence-electron chi connectivity index (χ0n) is 15.0. The first kappa shape index (κ1) is 17.1. The second kappa shape index (κ2) is 7.11. The van der Waals surface area contributed by atoms with E-state index in [0.29, 0.717) is 37.1 Å². The van der Waals surface area contributed by atoms with Crippen molar-refractivity contribution in [2.24, 2.45) is 0 Å². The van der Waals surface area contributed by atoms with Gasteiger partial charge < -0.3 is 19.5 Å². The largest absolute Gasteiger partial charge is 0.497 e. The monoisotopic (exact) mass is 364 g/mol. The number of aromatic nitrogens is 2. The highest BCUT2D eigenvalue weighted by Crippen LogP contribution is 2.22. The van der Waals surface area contributed by atoms with Crippen LogP contribution in [0, 0.1) is 0 Å². The predicted octanol–water partition coefficient (Wildman–Crippen LogP) is 1.89. The van der Waals surface area contributed by atoms with E-state index in [1.807, 2.05) is 24.3 Å². The molecule has 0 saturated carbocycles. The third-order valence-corrected chi connectivity index (χ3v) is 4.80. The van der Waals surface area contributed by atoms with Crippen LogP contribution in [0.25, 0.3) is 10.9 Å². The molecule has 1 saturated heterocycles. The number of nitrogens with zero attached hydrogens (tertiary/aromatic N) is 3. The summed E-state index contributed by atoms with van der Waals surface area (Å²) in [4.78, 5) is 35.9. The number of nitrogens with one attached hydrogen (secondary N) is 1. The average Bonchev–Trinajstić information content (AvgIpc) is 2.73. The number of carbonyl (C=O) groups is 1. The molecule has 1 N–H and O–H groups in total. The lowest BCUT2D eigenvalue weighted by molar-refractivity contribution is 0.0734. The SMILES string of the molecule is COc1cccc(N2CCN(C(=O)c3nc4ccccc4c(=O)[nH]3)CC2)c1. The molecule has 1 aliphatic rings. The highest BCUT2D eigenvalue weighted by Gasteiger charge is 2.24. The number of rotatable bonds is 3. The van der Waals surface area contributed by atoms with Crippen molar-refractivity contribution >= 4 is 22.5 Å². The van der Waals surface area contributed by atoms with Crippen molar-refractivity contribution < 1.29 is 9.53 Å². The van der Waals surface area contributed by atoms with E-state index in [1.165, 1.54) is 0 Å². The number of amides is 1. The molecule has 2 heterocycles. The smallest absolute Gasteiger partial charge is 0.289 e. The van der Waals surface area contributed by atoms with Crippen LogP contribution in [-0.2, 0) is 0 Å². The van der Waals surface area contributed by atoms with Gasteiger partial charge in [0.15, 0.2) is 5.82 Å². The van der Waals surface area contributed by atoms with Crippen LogP contribution in [0.4, 0.5) is 5.69 Å². The van der Waals surface area contributed by atoms with E-state index in [0.717, 1.165) is 11.4 Å². The summed E-state index contributed by atoms with van der Waals surface area (Å²) in [6.07, 6.45) is 0. The Morgan fingerprint density at radius 1 is 1.07 bits per heavy atom. The number of piperazine rings is 1. The molecule has 7 heteroatoms. The van der Waals surface area contributed by atoms with Gasteiger partial charge in [0.05, 0.1) is 18.0 Å². The number of fused-ring (bicyclic) bond motifs is 1. The van der Waals surface area contributed by atoms with Crippen LogP contribution in [0.15, 0.2) is 53.3 Å². The minimum atomic E-state index is -0.293. The molecule has 0 spiro atoms. The van der Waals surface area contributed by atoms with Gasteiger partial charge in [-0.15, -0.1) is 0 Å². The van der Waals surface area contributed by atoms with E-state index < -0.39 is 0 Å². The maximum atomic E-state index is 12.8. The van der Waals surface area contributed by atoms with E-state index in [-0.39, 0.29) is 17.3 Å². The number of hydrogen-bond acceptors (Lipinski definition) is 5. The molecular weight excluding hydrogens is 344 g/mol. The predicted molar refractivity (Wildman–Crippen MR) is 103 cm³/mol. The molecule has 4 rings (SSSR count). The Kier molecular flexibility index (Phi) is 4.50. The molecule has 27 heavy (non-hydrogen) atoms. The Morgan fingerprint density at radius 3 is 2.63 bits per heavy atom. The van der Waals surface area contributed by atoms with Crippen LogP contribution < -0.4 is 15.2 Å². The fourth-order valence-corrected chi connectivity index (χ4v) is 3.31. The number of ether oxygens (including phenoxy) is 1. The Balaban J connectivity index is 1.49. The Morgan fingerprint density at radius 2 is 1.85 bits per heavy atom. The summed E-state index contributed by atoms with van der Waals surface area (Å²) in [7, 11) is 1.65. The van der Waals surface area contributed by atoms with Crippen molar-refractivity contribution in [3.8, 4) is 5.75 Å². The van der Waals surface area contributed by atoms with Gasteiger partial charge in [0.2, 0.25) is 0 Å². The van der Waals surface area contributed by atoms with Crippen LogP contribution in [0.3, 0.4) is 0 Å². The van der Waals surface area contributed by atoms with Gasteiger partial charge in [0, 0.05) is 37.9 Å². The number of aromatic amines is 1. The van der Waals surface area contributed by atoms with Crippen LogP contribution in [0.2, 0.25) is 0 Å². The van der Waals surface area contributed by atoms with E-state index in [1.54, 1.807) is 36.3 Å². The van der Waals surface area contributed by atoms with Gasteiger partial charge in [-0.1, -0.05) is 18.2 Å². The molecular formula is C20H20N4O3. The molecule has 0 atom stereocenters. The molecule has 1 aromatic heterocycles. The lowest BCUT2D eigenvalue weighted by atomic mass is 10.2. The third kappa shape index (κ3) is 3.36. The minimum Gasteiger partial charge on any atom is -0.497 e. The molecule has 138 valence electrons. The fraction of sp³-hybridized carbons (Fsp3) is 0.250. The summed E-state index contributed by atoms with van der Waals surface area (Å²) in [5.74, 6) is 0.653. The molecule has 1 amide bonds. The number of carbonyl (C=O) groups excluding carboxylic acids is 1. The van der Waals surface area contributed by atoms with E-state index in [4.69, 9.17) is 4.74 Å². The summed E-state index contributed by atoms with van der Waals surface area (Å²) in [5.41, 5.74) is 1.30. The van der Waals surface area contributed by atoms with Crippen molar-refractivity contribution in [3.63, 3.8) is 0 Å². The first-order valence-corrected chi connectivity index (χ1v) is 8.83. The first-order valence-electron chi connectivity index (χ1n) is 8.83. The molecule has 0 radical (unpaired) electrons. The summed E-state index contributed by atoms with van der Waals surface area (Å²) >= 11 is 0. The van der Waals surface area contributed by atoms with Gasteiger partial charge in [-0.2, -0.15) is 0 Å². The Hall–Kier alpha value is -3.35. The zero-order chi connectivity index (χ0) is 18.8. The molecule has 0 unspecified atom stereocenters. The summed E-state index contributed by atoms with van der Waals surface area (Å²) in [6, 6.07) is 14.9. The molecule has 1 fully saturated rings. The summed E-state index contributed by atoms with van der Waals surface area (Å²) < 4.78 is 5.28. The number of benzene rings is 2. The average molecular weight is 364 g/mol. The third-order valence-electron chi connectivity index (χ3n) is 4.80. The molecule has 0 bridgehead atoms. The standard InChI is InChI=1S/C20H20N4O3/c1-27-15-6-4-5-14(13-15)23-9-11-24(12-10-23)20(26)18-21-17-8-3-2-7-16(17)19(25)22-18/h2-8,13H,9-12H2,1H3,(H,21,22,25). The molecule has 0 aliphatic carbocycles. The van der Waals surface area contributed by atoms with E-state index in [2.05, 4.69) is 14.9 Å². The molecule has 1 aliphatic heterocycles. The van der Waals surface area contributed by atoms with Gasteiger partial charge in [-0.25, -0.2) is 4.98 Å². The minimum absolute atomic E-state index is 0.0912. The van der Waals surface area contributed by atoms with Gasteiger partial charge in [0.1, 0.15) is 5.75 Å². The summed E-state index contributed by atoms with van der Waals surface area (Å²) in [6.45, 7) is 2.53. The highest BCUT2D eigenvalue weighted by molar-refractivity contribution is 5.92. The van der Waals surface area contributed by atoms with Crippen molar-refractivity contribution in [3.05, 3.63) is 64.7 Å². The van der Waals surface area contributed by atoms with Gasteiger partial charge in [-0.3, -0.25) is 9.59 Å².